The lowest BCUT2D eigenvalue weighted by atomic mass is 9.66. The first kappa shape index (κ1) is 107. The molecule has 0 aliphatic carbocycles. The molecule has 16 aliphatic rings. The second-order valence-electron chi connectivity index (χ2n) is 47.0. The number of nitrogens with zero attached hydrogens (tertiary/aromatic N) is 8. The molecular formula is C103H196N13O6+7. The molecule has 0 saturated carbocycles. The van der Waals surface area contributed by atoms with Crippen LogP contribution < -0.4 is 31.2 Å². The number of pyridine rings is 1. The molecule has 5 N–H and O–H groups in total. The van der Waals surface area contributed by atoms with Gasteiger partial charge in [0.1, 0.15) is 0 Å². The first-order valence-electron chi connectivity index (χ1n) is 50.4. The highest BCUT2D eigenvalue weighted by Gasteiger charge is 2.55. The summed E-state index contributed by atoms with van der Waals surface area (Å²) in [5.74, 6) is 1.22. The number of amides is 4. The van der Waals surface area contributed by atoms with E-state index in [0.717, 1.165) is 60.8 Å². The number of hydrogen-bond donors (Lipinski definition) is 5. The number of nitrogens with one attached hydrogen (secondary N) is 5. The molecule has 19 nitrogen and oxygen atoms in total. The summed E-state index contributed by atoms with van der Waals surface area (Å²) in [5, 5.41) is 15.7. The van der Waals surface area contributed by atoms with Crippen molar-refractivity contribution < 1.29 is 60.2 Å². The molecule has 1 aromatic heterocycles. The van der Waals surface area contributed by atoms with E-state index in [9.17, 15) is 28.8 Å². The number of Topliss-reactive ketones (excluding diaryl/α,β-unsaturated/α-hetero) is 2. The highest BCUT2D eigenvalue weighted by molar-refractivity contribution is 6.37. The quantitative estimate of drug-likeness (QED) is 0.0240. The number of hydrogen-bond acceptors (Lipinski definition) is 8. The zero-order chi connectivity index (χ0) is 91.3. The fourth-order valence-corrected chi connectivity index (χ4v) is 22.6. The average molecular weight is 1710 g/mol. The van der Waals surface area contributed by atoms with Crippen molar-refractivity contribution in [2.75, 3.05) is 156 Å². The summed E-state index contributed by atoms with van der Waals surface area (Å²) in [4.78, 5) is 74.8. The Kier molecular flexibility index (Phi) is 40.0. The van der Waals surface area contributed by atoms with Crippen LogP contribution >= 0.6 is 0 Å². The van der Waals surface area contributed by atoms with Crippen LogP contribution in [0.2, 0.25) is 0 Å². The Morgan fingerprint density at radius 3 is 1.05 bits per heavy atom. The highest BCUT2D eigenvalue weighted by atomic mass is 16.2. The molecular weight excluding hydrogens is 1520 g/mol. The maximum absolute atomic E-state index is 12.0. The monoisotopic (exact) mass is 1710 g/mol. The lowest BCUT2D eigenvalue weighted by Crippen LogP contribution is -2.66. The Morgan fingerprint density at radius 1 is 0.402 bits per heavy atom. The molecule has 16 aliphatic heterocycles. The molecule has 1 aromatic rings. The lowest BCUT2D eigenvalue weighted by molar-refractivity contribution is -0.964. The van der Waals surface area contributed by atoms with Crippen LogP contribution in [0.4, 0.5) is 5.69 Å². The standard InChI is InChI=1S/C17H30N2O2.C16H29N2O.C15H28N2O.C15H30N2O.C14H29N2.C14H28N.C12H18N2O/c1-13(2)19-9-6-17(7-10-19,8-11-19)12-18-15(21)14(20)16(3,4)5;1-13(2)15(19)11-17-12-16-5-8-18(9-6-16,10-7-16)14(3)4;1-12(2)14(18)16-11-15-5-8-17(9-6-15,10-7-15)13(3)4;1-13(2)15(18)16-9-12-17(14(3)4)10-7-5-6-8-11-17;1-12(2)15-11-14-5-8-16(9-6-14,10-7-14)13(3)4;1-12(2)11-14-5-8-15(9-6-14,10-7-14)13(3)4;1-9(2)12(15)13-11-5-7-14(8-6-11)10(3)4/h13H,6-12H2,1-5H3;12-14H,5-11H2,1-4H3;12-13H,5-11H2,1-4H3;13-14H,5-12H2,1-4H3;12-13,15H,5-11H2,1-4H3;12-13H,5-11H2,1-4H3;5-10H,1-4H3/q;+1;;;2*+1;/p+4. The van der Waals surface area contributed by atoms with E-state index in [-0.39, 0.29) is 58.4 Å². The molecule has 19 heteroatoms. The van der Waals surface area contributed by atoms with Crippen molar-refractivity contribution in [2.24, 2.45) is 67.1 Å². The number of ketones is 2. The molecule has 0 radical (unpaired) electrons. The van der Waals surface area contributed by atoms with Crippen LogP contribution in [0.1, 0.15) is 335 Å². The molecule has 10 bridgehead atoms. The smallest absolute Gasteiger partial charge is 0.287 e. The van der Waals surface area contributed by atoms with E-state index in [1.807, 2.05) is 79.9 Å². The molecule has 17 rings (SSSR count). The van der Waals surface area contributed by atoms with Gasteiger partial charge in [0.2, 0.25) is 23.5 Å². The molecule has 702 valence electrons. The Hall–Kier alpha value is -4.24. The molecule has 0 spiro atoms. The minimum absolute atomic E-state index is 0.0161. The Balaban J connectivity index is 0.000000221. The number of aromatic nitrogens is 1. The molecule has 0 aromatic carbocycles. The zero-order valence-electron chi connectivity index (χ0n) is 84.8. The van der Waals surface area contributed by atoms with Gasteiger partial charge in [-0.2, -0.15) is 0 Å². The van der Waals surface area contributed by atoms with Gasteiger partial charge in [0.15, 0.2) is 24.2 Å². The van der Waals surface area contributed by atoms with E-state index < -0.39 is 11.3 Å². The number of carbonyl (C=O) groups is 6. The van der Waals surface area contributed by atoms with Gasteiger partial charge in [-0.05, 0) is 146 Å². The van der Waals surface area contributed by atoms with Crippen LogP contribution in [0.3, 0.4) is 0 Å². The van der Waals surface area contributed by atoms with Crippen LogP contribution in [0, 0.1) is 62.1 Å². The number of anilines is 1. The Labute approximate surface area is 749 Å². The van der Waals surface area contributed by atoms with Crippen LogP contribution in [0.15, 0.2) is 29.5 Å². The van der Waals surface area contributed by atoms with E-state index in [1.165, 1.54) is 273 Å². The first-order chi connectivity index (χ1) is 56.8. The van der Waals surface area contributed by atoms with Gasteiger partial charge in [-0.1, -0.05) is 104 Å². The fourth-order valence-electron chi connectivity index (χ4n) is 22.6. The van der Waals surface area contributed by atoms with Crippen molar-refractivity contribution in [3.63, 3.8) is 0 Å². The fraction of sp³-hybridized carbons (Fsp3) is 0.883. The normalized spacial score (nSPS) is 30.4. The van der Waals surface area contributed by atoms with E-state index in [0.29, 0.717) is 53.5 Å². The van der Waals surface area contributed by atoms with Crippen molar-refractivity contribution in [3.8, 4) is 0 Å². The summed E-state index contributed by atoms with van der Waals surface area (Å²) in [6.45, 7) is 90.7. The van der Waals surface area contributed by atoms with E-state index in [1.54, 1.807) is 20.8 Å². The first-order valence-corrected chi connectivity index (χ1v) is 50.4. The van der Waals surface area contributed by atoms with Crippen molar-refractivity contribution >= 4 is 47.1 Å². The highest BCUT2D eigenvalue weighted by Crippen LogP contribution is 2.51. The number of piperidine rings is 15. The van der Waals surface area contributed by atoms with Crippen LogP contribution in [-0.2, 0) is 28.8 Å². The van der Waals surface area contributed by atoms with E-state index in [4.69, 9.17) is 0 Å². The van der Waals surface area contributed by atoms with Crippen molar-refractivity contribution in [1.82, 2.24) is 21.3 Å². The second-order valence-corrected chi connectivity index (χ2v) is 47.0. The predicted molar refractivity (Wildman–Crippen MR) is 509 cm³/mol. The molecule has 17 heterocycles. The molecule has 16 saturated heterocycles. The summed E-state index contributed by atoms with van der Waals surface area (Å²) in [5.41, 5.74) is 2.63. The van der Waals surface area contributed by atoms with Gasteiger partial charge in [-0.25, -0.2) is 4.57 Å². The third-order valence-electron chi connectivity index (χ3n) is 34.0. The van der Waals surface area contributed by atoms with Crippen molar-refractivity contribution in [3.05, 3.63) is 24.5 Å². The molecule has 4 amide bonds. The Morgan fingerprint density at radius 2 is 0.738 bits per heavy atom. The summed E-state index contributed by atoms with van der Waals surface area (Å²) in [6.07, 6.45) is 33.0. The number of fused-ring (bicyclic) bond motifs is 15. The summed E-state index contributed by atoms with van der Waals surface area (Å²) in [6, 6.07) is 9.47. The number of rotatable bonds is 28. The Bertz CT molecular complexity index is 3300. The van der Waals surface area contributed by atoms with Crippen molar-refractivity contribution in [1.29, 1.82) is 0 Å². The van der Waals surface area contributed by atoms with E-state index >= 15 is 0 Å². The van der Waals surface area contributed by atoms with Gasteiger partial charge >= 0.3 is 0 Å². The van der Waals surface area contributed by atoms with Crippen LogP contribution in [0.5, 0.6) is 0 Å². The SMILES string of the molecule is CC(C)C(=O)CN=CC12CC[N+](C(C)C)(CC1)CC2.CC(C)C(=O)NCC12CC[N+](C(C)C)(CC1)CC2.CC(C)C(=O)NCC[N+]1(C(C)C)CCCCCC1.CC(C)C(=O)Nc1cc[n+](C(C)C)cc1.CC(C)CC12CC[N+](C(C)C)(CC1)CC2.CC(C)NCC12CC[N+](C(C)C)(CC1)CC2.CC(C)[N+]12CCC(CNC(=O)C(=O)C(C)(C)C)(CC1)CC2. The summed E-state index contributed by atoms with van der Waals surface area (Å²) in [7, 11) is 0. The molecule has 16 fully saturated rings. The maximum atomic E-state index is 12.0. The van der Waals surface area contributed by atoms with Gasteiger partial charge in [-0.15, -0.1) is 0 Å². The van der Waals surface area contributed by atoms with Gasteiger partial charge in [0.05, 0.1) is 173 Å². The topological polar surface area (TPSA) is 179 Å². The number of quaternary nitrogens is 6. The van der Waals surface area contributed by atoms with Gasteiger partial charge in [0, 0.05) is 186 Å². The second kappa shape index (κ2) is 45.8. The minimum atomic E-state index is -0.593. The third kappa shape index (κ3) is 29.1. The molecule has 122 heavy (non-hydrogen) atoms. The zero-order valence-corrected chi connectivity index (χ0v) is 84.8. The largest absolute Gasteiger partial charge is 0.355 e. The number of aliphatic imine (C=N–C) groups is 1. The lowest BCUT2D eigenvalue weighted by Gasteiger charge is -2.57. The van der Waals surface area contributed by atoms with Crippen molar-refractivity contribution in [2.45, 2.75) is 378 Å². The van der Waals surface area contributed by atoms with Crippen LogP contribution in [0.25, 0.3) is 0 Å². The van der Waals surface area contributed by atoms with Gasteiger partial charge in [-0.3, -0.25) is 33.8 Å². The maximum Gasteiger partial charge on any atom is 0.287 e. The van der Waals surface area contributed by atoms with Gasteiger partial charge < -0.3 is 53.5 Å². The summed E-state index contributed by atoms with van der Waals surface area (Å²) >= 11 is 0. The van der Waals surface area contributed by atoms with Gasteiger partial charge in [0.25, 0.3) is 5.91 Å². The predicted octanol–water partition coefficient (Wildman–Crippen LogP) is 17.5. The molecule has 0 unspecified atom stereocenters. The minimum Gasteiger partial charge on any atom is -0.355 e. The van der Waals surface area contributed by atoms with E-state index in [2.05, 4.69) is 167 Å². The number of likely N-dealkylation sites (tertiary alicyclic amines) is 1. The van der Waals surface area contributed by atoms with Crippen LogP contribution in [-0.4, -0.2) is 261 Å². The number of carbonyl (C=O) groups excluding carboxylic acids is 6. The average Bonchev–Trinajstić information content (AvgIpc) is 0.820. The third-order valence-corrected chi connectivity index (χ3v) is 34.0. The summed E-state index contributed by atoms with van der Waals surface area (Å²) < 4.78 is 9.99. The molecule has 0 atom stereocenters.